The Kier molecular flexibility index (Phi) is 9.92. The predicted molar refractivity (Wildman–Crippen MR) is 78.7 cm³/mol. The fourth-order valence-corrected chi connectivity index (χ4v) is 2.23. The molecular weight excluding hydrogens is 316 g/mol. The van der Waals surface area contributed by atoms with Crippen molar-refractivity contribution in [2.45, 2.75) is 51.7 Å². The number of hydrogen-bond acceptors (Lipinski definition) is 7. The molecule has 2 unspecified atom stereocenters. The molecule has 1 amide bonds. The first kappa shape index (κ1) is 20.2. The summed E-state index contributed by atoms with van der Waals surface area (Å²) < 4.78 is 0. The molecule has 0 aromatic heterocycles. The van der Waals surface area contributed by atoms with Gasteiger partial charge in [-0.05, 0) is 6.42 Å². The highest BCUT2D eigenvalue weighted by atomic mass is 32.2. The van der Waals surface area contributed by atoms with Gasteiger partial charge < -0.3 is 15.3 Å². The van der Waals surface area contributed by atoms with Gasteiger partial charge in [0.25, 0.3) is 5.09 Å². The Labute approximate surface area is 131 Å². The van der Waals surface area contributed by atoms with Gasteiger partial charge in [-0.25, -0.2) is 4.79 Å². The normalized spacial score (nSPS) is 13.0. The van der Waals surface area contributed by atoms with E-state index >= 15 is 0 Å². The van der Waals surface area contributed by atoms with Crippen LogP contribution in [0.4, 0.5) is 0 Å². The number of aliphatic carboxylic acids is 1. The number of rotatable bonds is 11. The molecule has 0 aliphatic heterocycles. The Bertz CT molecular complexity index is 416. The van der Waals surface area contributed by atoms with E-state index in [4.69, 9.17) is 5.11 Å². The maximum absolute atomic E-state index is 11.9. The summed E-state index contributed by atoms with van der Waals surface area (Å²) in [4.78, 5) is 48.9. The third-order valence-corrected chi connectivity index (χ3v) is 3.75. The van der Waals surface area contributed by atoms with Crippen molar-refractivity contribution >= 4 is 28.8 Å². The molecule has 9 nitrogen and oxygen atoms in total. The molecule has 0 rings (SSSR count). The number of thioether (sulfide) groups is 1. The third-order valence-electron chi connectivity index (χ3n) is 2.64. The van der Waals surface area contributed by atoms with E-state index in [0.717, 1.165) is 11.8 Å². The lowest BCUT2D eigenvalue weighted by molar-refractivity contribution is -0.764. The van der Waals surface area contributed by atoms with Crippen LogP contribution < -0.4 is 5.32 Å². The smallest absolute Gasteiger partial charge is 0.327 e. The molecule has 0 aromatic carbocycles. The van der Waals surface area contributed by atoms with E-state index in [9.17, 15) is 24.5 Å². The molecule has 0 aliphatic carbocycles. The number of amides is 1. The highest BCUT2D eigenvalue weighted by molar-refractivity contribution is 8.13. The SMILES string of the molecule is CCCCC(O[N+](=O)[O-])C(=O)NC(CSC(=O)CC)C(=O)O. The van der Waals surface area contributed by atoms with Gasteiger partial charge >= 0.3 is 5.97 Å². The average molecular weight is 336 g/mol. The van der Waals surface area contributed by atoms with Gasteiger partial charge in [-0.2, -0.15) is 0 Å². The van der Waals surface area contributed by atoms with Crippen LogP contribution in [-0.4, -0.2) is 45.1 Å². The maximum atomic E-state index is 11.9. The van der Waals surface area contributed by atoms with Gasteiger partial charge in [0.15, 0.2) is 11.2 Å². The summed E-state index contributed by atoms with van der Waals surface area (Å²) in [6.07, 6.45) is 0.218. The lowest BCUT2D eigenvalue weighted by Gasteiger charge is -2.18. The minimum Gasteiger partial charge on any atom is -0.480 e. The average Bonchev–Trinajstić information content (AvgIpc) is 2.46. The Balaban J connectivity index is 4.69. The topological polar surface area (TPSA) is 136 Å². The van der Waals surface area contributed by atoms with Crippen LogP contribution in [0, 0.1) is 10.1 Å². The molecule has 0 radical (unpaired) electrons. The molecule has 0 aromatic rings. The van der Waals surface area contributed by atoms with Crippen molar-refractivity contribution in [3.63, 3.8) is 0 Å². The minimum absolute atomic E-state index is 0.108. The summed E-state index contributed by atoms with van der Waals surface area (Å²) in [6, 6.07) is -1.31. The zero-order chi connectivity index (χ0) is 17.1. The van der Waals surface area contributed by atoms with Crippen LogP contribution in [0.25, 0.3) is 0 Å². The first-order valence-corrected chi connectivity index (χ1v) is 7.80. The first-order chi connectivity index (χ1) is 10.3. The Hall–Kier alpha value is -1.84. The fourth-order valence-electron chi connectivity index (χ4n) is 1.44. The third kappa shape index (κ3) is 8.45. The standard InChI is InChI=1S/C12H20N2O7S/c1-3-5-6-9(21-14(19)20)11(16)13-8(12(17)18)7-22-10(15)4-2/h8-9H,3-7H2,1-2H3,(H,13,16)(H,17,18). The van der Waals surface area contributed by atoms with Crippen LogP contribution >= 0.6 is 11.8 Å². The number of unbranched alkanes of at least 4 members (excludes halogenated alkanes) is 1. The highest BCUT2D eigenvalue weighted by Crippen LogP contribution is 2.10. The molecule has 0 spiro atoms. The lowest BCUT2D eigenvalue weighted by atomic mass is 10.1. The van der Waals surface area contributed by atoms with E-state index in [0.29, 0.717) is 12.8 Å². The molecule has 10 heteroatoms. The summed E-state index contributed by atoms with van der Waals surface area (Å²) in [5.41, 5.74) is 0. The van der Waals surface area contributed by atoms with Crippen molar-refractivity contribution in [2.75, 3.05) is 5.75 Å². The molecule has 126 valence electrons. The van der Waals surface area contributed by atoms with E-state index in [-0.39, 0.29) is 23.7 Å². The molecule has 0 fully saturated rings. The molecule has 22 heavy (non-hydrogen) atoms. The van der Waals surface area contributed by atoms with Crippen molar-refractivity contribution in [2.24, 2.45) is 0 Å². The van der Waals surface area contributed by atoms with Crippen LogP contribution in [-0.2, 0) is 19.2 Å². The van der Waals surface area contributed by atoms with Crippen LogP contribution in [0.2, 0.25) is 0 Å². The number of carbonyl (C=O) groups is 3. The van der Waals surface area contributed by atoms with E-state index in [1.165, 1.54) is 0 Å². The van der Waals surface area contributed by atoms with Crippen LogP contribution in [0.15, 0.2) is 0 Å². The Morgan fingerprint density at radius 3 is 2.45 bits per heavy atom. The quantitative estimate of drug-likeness (QED) is 0.421. The van der Waals surface area contributed by atoms with Crippen molar-refractivity contribution < 1.29 is 29.4 Å². The first-order valence-electron chi connectivity index (χ1n) is 6.81. The summed E-state index contributed by atoms with van der Waals surface area (Å²) in [5, 5.41) is 20.3. The van der Waals surface area contributed by atoms with E-state index in [1.54, 1.807) is 6.92 Å². The monoisotopic (exact) mass is 336 g/mol. The Morgan fingerprint density at radius 1 is 1.36 bits per heavy atom. The molecular formula is C12H20N2O7S. The summed E-state index contributed by atoms with van der Waals surface area (Å²) in [6.45, 7) is 3.48. The molecule has 0 saturated heterocycles. The Morgan fingerprint density at radius 2 is 2.00 bits per heavy atom. The van der Waals surface area contributed by atoms with Crippen LogP contribution in [0.1, 0.15) is 39.5 Å². The number of nitrogens with zero attached hydrogens (tertiary/aromatic N) is 1. The predicted octanol–water partition coefficient (Wildman–Crippen LogP) is 0.993. The second-order valence-corrected chi connectivity index (χ2v) is 5.47. The number of carboxylic acid groups (broad SMARTS) is 1. The van der Waals surface area contributed by atoms with Crippen molar-refractivity contribution in [3.8, 4) is 0 Å². The van der Waals surface area contributed by atoms with E-state index in [2.05, 4.69) is 10.2 Å². The summed E-state index contributed by atoms with van der Waals surface area (Å²) in [5.74, 6) is -2.34. The molecule has 2 N–H and O–H groups in total. The number of nitrogens with one attached hydrogen (secondary N) is 1. The van der Waals surface area contributed by atoms with Crippen molar-refractivity contribution in [1.82, 2.24) is 5.32 Å². The van der Waals surface area contributed by atoms with Gasteiger partial charge in [-0.1, -0.05) is 38.5 Å². The van der Waals surface area contributed by atoms with Crippen molar-refractivity contribution in [1.29, 1.82) is 0 Å². The lowest BCUT2D eigenvalue weighted by Crippen LogP contribution is -2.48. The molecule has 0 saturated carbocycles. The minimum atomic E-state index is -1.36. The summed E-state index contributed by atoms with van der Waals surface area (Å²) >= 11 is 0.789. The van der Waals surface area contributed by atoms with Crippen LogP contribution in [0.3, 0.4) is 0 Å². The second-order valence-electron chi connectivity index (χ2n) is 4.40. The van der Waals surface area contributed by atoms with Gasteiger partial charge in [0.1, 0.15) is 6.04 Å². The van der Waals surface area contributed by atoms with Gasteiger partial charge in [0.2, 0.25) is 5.91 Å². The maximum Gasteiger partial charge on any atom is 0.327 e. The second kappa shape index (κ2) is 10.8. The fraction of sp³-hybridized carbons (Fsp3) is 0.750. The summed E-state index contributed by atoms with van der Waals surface area (Å²) in [7, 11) is 0. The molecule has 0 heterocycles. The zero-order valence-corrected chi connectivity index (χ0v) is 13.3. The number of hydrogen-bond donors (Lipinski definition) is 2. The van der Waals surface area contributed by atoms with Crippen molar-refractivity contribution in [3.05, 3.63) is 10.1 Å². The number of carboxylic acids is 1. The molecule has 0 bridgehead atoms. The van der Waals surface area contributed by atoms with Gasteiger partial charge in [0, 0.05) is 12.2 Å². The largest absolute Gasteiger partial charge is 0.480 e. The van der Waals surface area contributed by atoms with Gasteiger partial charge in [-0.3, -0.25) is 9.59 Å². The van der Waals surface area contributed by atoms with Gasteiger partial charge in [-0.15, -0.1) is 10.1 Å². The van der Waals surface area contributed by atoms with Gasteiger partial charge in [0.05, 0.1) is 0 Å². The van der Waals surface area contributed by atoms with E-state index < -0.39 is 29.1 Å². The number of carbonyl (C=O) groups excluding carboxylic acids is 2. The zero-order valence-electron chi connectivity index (χ0n) is 12.4. The highest BCUT2D eigenvalue weighted by Gasteiger charge is 2.27. The molecule has 2 atom stereocenters. The van der Waals surface area contributed by atoms with E-state index in [1.807, 2.05) is 6.92 Å². The van der Waals surface area contributed by atoms with Crippen LogP contribution in [0.5, 0.6) is 0 Å². The molecule has 0 aliphatic rings.